The molecule has 0 aromatic heterocycles. The van der Waals surface area contributed by atoms with Crippen LogP contribution in [0.3, 0.4) is 0 Å². The van der Waals surface area contributed by atoms with Gasteiger partial charge in [0.1, 0.15) is 6.61 Å². The Morgan fingerprint density at radius 1 is 1.18 bits per heavy atom. The SMILES string of the molecule is CC(C)CN(CC(O)C(Cc1ccccc1)NC(=O)COC1CCOC1)S(=O)(=O)c1ccc([N+](=O)[O-])cc1. The van der Waals surface area contributed by atoms with Gasteiger partial charge in [-0.1, -0.05) is 44.2 Å². The first-order chi connectivity index (χ1) is 18.1. The van der Waals surface area contributed by atoms with Crippen LogP contribution in [0.2, 0.25) is 0 Å². The molecule has 1 fully saturated rings. The Morgan fingerprint density at radius 3 is 2.45 bits per heavy atom. The molecule has 2 N–H and O–H groups in total. The maximum absolute atomic E-state index is 13.5. The van der Waals surface area contributed by atoms with E-state index in [1.54, 1.807) is 0 Å². The molecule has 1 amide bonds. The topological polar surface area (TPSA) is 148 Å². The van der Waals surface area contributed by atoms with Gasteiger partial charge in [-0.25, -0.2) is 8.42 Å². The fourth-order valence-electron chi connectivity index (χ4n) is 4.14. The molecule has 11 nitrogen and oxygen atoms in total. The molecule has 38 heavy (non-hydrogen) atoms. The molecule has 3 unspecified atom stereocenters. The standard InChI is InChI=1S/C26H35N3O8S/c1-19(2)15-28(38(34,35)23-10-8-21(9-11-23)29(32)33)16-25(30)24(14-20-6-4-3-5-7-20)27-26(31)18-37-22-12-13-36-17-22/h3-11,19,22,24-25,30H,12-18H2,1-2H3,(H,27,31). The van der Waals surface area contributed by atoms with E-state index in [1.807, 2.05) is 44.2 Å². The second-order valence-corrected chi connectivity index (χ2v) is 11.6. The van der Waals surface area contributed by atoms with Crippen LogP contribution >= 0.6 is 0 Å². The summed E-state index contributed by atoms with van der Waals surface area (Å²) in [6.45, 7) is 4.31. The van der Waals surface area contributed by atoms with Gasteiger partial charge in [-0.2, -0.15) is 4.31 Å². The summed E-state index contributed by atoms with van der Waals surface area (Å²) in [5.41, 5.74) is 0.631. The lowest BCUT2D eigenvalue weighted by Crippen LogP contribution is -2.51. The summed E-state index contributed by atoms with van der Waals surface area (Å²) in [6, 6.07) is 13.1. The van der Waals surface area contributed by atoms with E-state index in [-0.39, 0.29) is 48.7 Å². The number of aliphatic hydroxyl groups excluding tert-OH is 1. The quantitative estimate of drug-likeness (QED) is 0.269. The maximum atomic E-state index is 13.5. The molecule has 2 aromatic carbocycles. The van der Waals surface area contributed by atoms with Gasteiger partial charge in [-0.3, -0.25) is 14.9 Å². The smallest absolute Gasteiger partial charge is 0.269 e. The third-order valence-electron chi connectivity index (χ3n) is 6.09. The Bertz CT molecular complexity index is 1150. The predicted octanol–water partition coefficient (Wildman–Crippen LogP) is 2.14. The number of carbonyl (C=O) groups excluding carboxylic acids is 1. The van der Waals surface area contributed by atoms with Crippen molar-refractivity contribution < 1.29 is 32.7 Å². The van der Waals surface area contributed by atoms with Gasteiger partial charge in [-0.05, 0) is 36.5 Å². The van der Waals surface area contributed by atoms with Crippen LogP contribution in [0.4, 0.5) is 5.69 Å². The highest BCUT2D eigenvalue weighted by Gasteiger charge is 2.32. The fraction of sp³-hybridized carbons (Fsp3) is 0.500. The minimum atomic E-state index is -4.09. The zero-order chi connectivity index (χ0) is 27.7. The third-order valence-corrected chi connectivity index (χ3v) is 7.94. The number of hydrogen-bond donors (Lipinski definition) is 2. The van der Waals surface area contributed by atoms with Crippen molar-refractivity contribution in [3.8, 4) is 0 Å². The summed E-state index contributed by atoms with van der Waals surface area (Å²) < 4.78 is 38.9. The Hall–Kier alpha value is -2.90. The van der Waals surface area contributed by atoms with Crippen molar-refractivity contribution in [2.75, 3.05) is 32.9 Å². The maximum Gasteiger partial charge on any atom is 0.269 e. The van der Waals surface area contributed by atoms with Crippen molar-refractivity contribution in [3.63, 3.8) is 0 Å². The van der Waals surface area contributed by atoms with Crippen LogP contribution < -0.4 is 5.32 Å². The molecule has 1 aliphatic heterocycles. The molecule has 1 aliphatic rings. The van der Waals surface area contributed by atoms with Crippen molar-refractivity contribution in [2.24, 2.45) is 5.92 Å². The number of carbonyl (C=O) groups is 1. The van der Waals surface area contributed by atoms with E-state index in [1.165, 1.54) is 12.1 Å². The van der Waals surface area contributed by atoms with Crippen LogP contribution in [-0.2, 0) is 30.7 Å². The molecule has 12 heteroatoms. The number of hydrogen-bond acceptors (Lipinski definition) is 8. The average Bonchev–Trinajstić information content (AvgIpc) is 3.41. The molecular formula is C26H35N3O8S. The van der Waals surface area contributed by atoms with E-state index < -0.39 is 33.0 Å². The average molecular weight is 550 g/mol. The Morgan fingerprint density at radius 2 is 1.87 bits per heavy atom. The number of aliphatic hydroxyl groups is 1. The van der Waals surface area contributed by atoms with E-state index in [0.717, 1.165) is 22.0 Å². The highest BCUT2D eigenvalue weighted by atomic mass is 32.2. The molecule has 2 aromatic rings. The first kappa shape index (κ1) is 29.7. The first-order valence-corrected chi connectivity index (χ1v) is 14.0. The minimum absolute atomic E-state index is 0.0702. The number of nitrogens with zero attached hydrogens (tertiary/aromatic N) is 2. The summed E-state index contributed by atoms with van der Waals surface area (Å²) in [7, 11) is -4.09. The number of amides is 1. The van der Waals surface area contributed by atoms with Crippen LogP contribution in [0.25, 0.3) is 0 Å². The highest BCUT2D eigenvalue weighted by Crippen LogP contribution is 2.22. The van der Waals surface area contributed by atoms with E-state index in [0.29, 0.717) is 19.6 Å². The Balaban J connectivity index is 1.78. The lowest BCUT2D eigenvalue weighted by atomic mass is 10.0. The monoisotopic (exact) mass is 549 g/mol. The van der Waals surface area contributed by atoms with Gasteiger partial charge in [0.2, 0.25) is 15.9 Å². The number of nitrogens with one attached hydrogen (secondary N) is 1. The zero-order valence-electron chi connectivity index (χ0n) is 21.6. The van der Waals surface area contributed by atoms with Gasteiger partial charge in [-0.15, -0.1) is 0 Å². The fourth-order valence-corrected chi connectivity index (χ4v) is 5.76. The number of non-ortho nitro benzene ring substituents is 1. The van der Waals surface area contributed by atoms with Crippen LogP contribution in [0, 0.1) is 16.0 Å². The van der Waals surface area contributed by atoms with Crippen LogP contribution in [0.1, 0.15) is 25.8 Å². The largest absolute Gasteiger partial charge is 0.390 e. The van der Waals surface area contributed by atoms with Gasteiger partial charge in [0.25, 0.3) is 5.69 Å². The number of rotatable bonds is 14. The van der Waals surface area contributed by atoms with Gasteiger partial charge in [0.05, 0.1) is 34.7 Å². The Kier molecular flexibility index (Phi) is 10.7. The molecule has 0 spiro atoms. The molecule has 1 saturated heterocycles. The summed E-state index contributed by atoms with van der Waals surface area (Å²) in [6.07, 6.45) is -0.436. The molecule has 0 radical (unpaired) electrons. The van der Waals surface area contributed by atoms with Crippen molar-refractivity contribution >= 4 is 21.6 Å². The molecule has 1 heterocycles. The summed E-state index contributed by atoms with van der Waals surface area (Å²) in [5, 5.41) is 25.0. The van der Waals surface area contributed by atoms with Crippen LogP contribution in [0.15, 0.2) is 59.5 Å². The van der Waals surface area contributed by atoms with Crippen molar-refractivity contribution in [2.45, 2.75) is 49.8 Å². The minimum Gasteiger partial charge on any atom is -0.390 e. The Labute approximate surface area is 222 Å². The zero-order valence-corrected chi connectivity index (χ0v) is 22.4. The van der Waals surface area contributed by atoms with E-state index in [4.69, 9.17) is 9.47 Å². The van der Waals surface area contributed by atoms with Crippen LogP contribution in [-0.4, -0.2) is 79.8 Å². The predicted molar refractivity (Wildman–Crippen MR) is 140 cm³/mol. The van der Waals surface area contributed by atoms with Crippen molar-refractivity contribution in [1.29, 1.82) is 0 Å². The van der Waals surface area contributed by atoms with E-state index >= 15 is 0 Å². The molecule has 3 rings (SSSR count). The number of ether oxygens (including phenoxy) is 2. The molecule has 0 aliphatic carbocycles. The lowest BCUT2D eigenvalue weighted by Gasteiger charge is -2.30. The summed E-state index contributed by atoms with van der Waals surface area (Å²) in [4.78, 5) is 23.0. The highest BCUT2D eigenvalue weighted by molar-refractivity contribution is 7.89. The molecule has 208 valence electrons. The van der Waals surface area contributed by atoms with Gasteiger partial charge in [0.15, 0.2) is 0 Å². The van der Waals surface area contributed by atoms with Gasteiger partial charge in [0, 0.05) is 31.8 Å². The van der Waals surface area contributed by atoms with Gasteiger partial charge < -0.3 is 19.9 Å². The van der Waals surface area contributed by atoms with Gasteiger partial charge >= 0.3 is 0 Å². The van der Waals surface area contributed by atoms with Crippen molar-refractivity contribution in [1.82, 2.24) is 9.62 Å². The number of benzene rings is 2. The molecule has 3 atom stereocenters. The molecule has 0 bridgehead atoms. The second-order valence-electron chi connectivity index (χ2n) is 9.69. The summed E-state index contributed by atoms with van der Waals surface area (Å²) in [5.74, 6) is -0.496. The summed E-state index contributed by atoms with van der Waals surface area (Å²) >= 11 is 0. The first-order valence-electron chi connectivity index (χ1n) is 12.5. The number of nitro groups is 1. The van der Waals surface area contributed by atoms with Crippen LogP contribution in [0.5, 0.6) is 0 Å². The lowest BCUT2D eigenvalue weighted by molar-refractivity contribution is -0.384. The second kappa shape index (κ2) is 13.8. The molecular weight excluding hydrogens is 514 g/mol. The number of sulfonamides is 1. The normalized spacial score (nSPS) is 17.4. The third kappa shape index (κ3) is 8.57. The van der Waals surface area contributed by atoms with E-state index in [2.05, 4.69) is 5.32 Å². The van der Waals surface area contributed by atoms with E-state index in [9.17, 15) is 28.4 Å². The molecule has 0 saturated carbocycles. The van der Waals surface area contributed by atoms with Crippen molar-refractivity contribution in [3.05, 3.63) is 70.3 Å². The number of nitro benzene ring substituents is 1.